The summed E-state index contributed by atoms with van der Waals surface area (Å²) in [6, 6.07) is 4.72. The van der Waals surface area contributed by atoms with Crippen molar-refractivity contribution in [2.75, 3.05) is 19.6 Å². The van der Waals surface area contributed by atoms with Crippen molar-refractivity contribution in [1.82, 2.24) is 29.4 Å². The molecule has 2 fully saturated rings. The summed E-state index contributed by atoms with van der Waals surface area (Å²) in [5.41, 5.74) is 11.7. The van der Waals surface area contributed by atoms with Gasteiger partial charge in [0.2, 0.25) is 5.91 Å². The van der Waals surface area contributed by atoms with Gasteiger partial charge in [-0.1, -0.05) is 13.8 Å². The Morgan fingerprint density at radius 3 is 2.58 bits per heavy atom. The van der Waals surface area contributed by atoms with E-state index in [0.29, 0.717) is 12.6 Å². The number of carbonyl (C=O) groups excluding carboxylic acids is 2. The van der Waals surface area contributed by atoms with Crippen molar-refractivity contribution in [2.24, 2.45) is 5.73 Å². The molecule has 6 rings (SSSR count). The van der Waals surface area contributed by atoms with Crippen molar-refractivity contribution in [2.45, 2.75) is 70.9 Å². The van der Waals surface area contributed by atoms with Crippen LogP contribution in [0.25, 0.3) is 27.1 Å². The molecule has 3 N–H and O–H groups in total. The number of fused-ring (bicyclic) bond motifs is 2. The molecule has 0 spiro atoms. The number of aromatic amines is 1. The highest BCUT2D eigenvalue weighted by molar-refractivity contribution is 7.21. The van der Waals surface area contributed by atoms with Crippen LogP contribution >= 0.6 is 11.3 Å². The van der Waals surface area contributed by atoms with Crippen LogP contribution in [0, 0.1) is 6.92 Å². The lowest BCUT2D eigenvalue weighted by Gasteiger charge is -2.45. The molecule has 2 aliphatic rings. The number of aromatic nitrogens is 4. The molecule has 0 atom stereocenters. The van der Waals surface area contributed by atoms with Crippen LogP contribution in [-0.2, 0) is 4.79 Å². The standard InChI is InChI=1S/C28H35N7O2S/c1-16(2)24-25(18-11-17(3)27-30-15-31-34(27)13-18)32-21-12-22(38-26(21)24)28(37)35(19-5-4-6-19)20-7-9-33(10-8-20)14-23(29)36/h11-13,15-16,19-20,32H,4-10,14H2,1-3H3,(H2,29,36). The molecule has 0 radical (unpaired) electrons. The molecular formula is C28H35N7O2S. The van der Waals surface area contributed by atoms with Crippen molar-refractivity contribution >= 4 is 39.0 Å². The van der Waals surface area contributed by atoms with Crippen molar-refractivity contribution < 1.29 is 9.59 Å². The minimum Gasteiger partial charge on any atom is -0.369 e. The number of amides is 2. The maximum absolute atomic E-state index is 14.0. The molecule has 2 amide bonds. The van der Waals surface area contributed by atoms with Gasteiger partial charge in [-0.3, -0.25) is 14.5 Å². The molecule has 9 nitrogen and oxygen atoms in total. The van der Waals surface area contributed by atoms with Gasteiger partial charge < -0.3 is 15.6 Å². The van der Waals surface area contributed by atoms with E-state index in [9.17, 15) is 9.59 Å². The molecule has 0 aromatic carbocycles. The van der Waals surface area contributed by atoms with Crippen LogP contribution in [0.3, 0.4) is 0 Å². The summed E-state index contributed by atoms with van der Waals surface area (Å²) in [5.74, 6) is 0.138. The monoisotopic (exact) mass is 533 g/mol. The number of piperidine rings is 1. The fraction of sp³-hybridized carbons (Fsp3) is 0.500. The van der Waals surface area contributed by atoms with Crippen molar-refractivity contribution in [1.29, 1.82) is 0 Å². The van der Waals surface area contributed by atoms with Gasteiger partial charge >= 0.3 is 0 Å². The maximum Gasteiger partial charge on any atom is 0.264 e. The van der Waals surface area contributed by atoms with Gasteiger partial charge in [0.25, 0.3) is 5.91 Å². The van der Waals surface area contributed by atoms with E-state index in [1.165, 1.54) is 12.0 Å². The molecule has 0 unspecified atom stereocenters. The van der Waals surface area contributed by atoms with E-state index in [1.54, 1.807) is 17.7 Å². The van der Waals surface area contributed by atoms with E-state index >= 15 is 0 Å². The first-order valence-electron chi connectivity index (χ1n) is 13.6. The first-order chi connectivity index (χ1) is 18.3. The smallest absolute Gasteiger partial charge is 0.264 e. The predicted octanol–water partition coefficient (Wildman–Crippen LogP) is 4.32. The topological polar surface area (TPSA) is 113 Å². The van der Waals surface area contributed by atoms with E-state index in [4.69, 9.17) is 5.73 Å². The first-order valence-corrected chi connectivity index (χ1v) is 14.4. The number of nitrogens with one attached hydrogen (secondary N) is 1. The fourth-order valence-corrected chi connectivity index (χ4v) is 7.37. The van der Waals surface area contributed by atoms with Crippen LogP contribution in [0.1, 0.15) is 72.7 Å². The Morgan fingerprint density at radius 1 is 1.18 bits per heavy atom. The third kappa shape index (κ3) is 4.39. The average Bonchev–Trinajstić information content (AvgIpc) is 3.55. The van der Waals surface area contributed by atoms with E-state index in [0.717, 1.165) is 76.3 Å². The van der Waals surface area contributed by atoms with Crippen molar-refractivity contribution in [3.8, 4) is 11.3 Å². The van der Waals surface area contributed by atoms with Gasteiger partial charge in [-0.2, -0.15) is 5.10 Å². The fourth-order valence-electron chi connectivity index (χ4n) is 6.11. The highest BCUT2D eigenvalue weighted by Crippen LogP contribution is 2.41. The number of hydrogen-bond donors (Lipinski definition) is 2. The number of pyridine rings is 1. The lowest BCUT2D eigenvalue weighted by molar-refractivity contribution is -0.119. The molecule has 200 valence electrons. The third-order valence-electron chi connectivity index (χ3n) is 8.17. The van der Waals surface area contributed by atoms with Crippen molar-refractivity contribution in [3.05, 3.63) is 40.7 Å². The molecule has 4 aromatic rings. The molecule has 5 heterocycles. The number of hydrogen-bond acceptors (Lipinski definition) is 6. The van der Waals surface area contributed by atoms with Crippen molar-refractivity contribution in [3.63, 3.8) is 0 Å². The summed E-state index contributed by atoms with van der Waals surface area (Å²) in [4.78, 5) is 38.5. The Kier molecular flexibility index (Phi) is 6.47. The minimum absolute atomic E-state index is 0.147. The summed E-state index contributed by atoms with van der Waals surface area (Å²) in [5, 5.41) is 4.35. The Hall–Kier alpha value is -3.24. The number of carbonyl (C=O) groups is 2. The zero-order valence-electron chi connectivity index (χ0n) is 22.2. The second kappa shape index (κ2) is 9.81. The lowest BCUT2D eigenvalue weighted by atomic mass is 9.88. The Balaban J connectivity index is 1.32. The molecule has 0 bridgehead atoms. The van der Waals surface area contributed by atoms with Crippen LogP contribution in [-0.4, -0.2) is 72.9 Å². The summed E-state index contributed by atoms with van der Waals surface area (Å²) >= 11 is 1.61. The second-order valence-corrected chi connectivity index (χ2v) is 12.2. The number of aryl methyl sites for hydroxylation is 1. The van der Waals surface area contributed by atoms with Crippen LogP contribution in [0.2, 0.25) is 0 Å². The van der Waals surface area contributed by atoms with E-state index in [2.05, 4.69) is 51.7 Å². The molecule has 38 heavy (non-hydrogen) atoms. The normalized spacial score (nSPS) is 17.5. The van der Waals surface area contributed by atoms with Crippen LogP contribution in [0.5, 0.6) is 0 Å². The van der Waals surface area contributed by atoms with Gasteiger partial charge in [0.15, 0.2) is 5.65 Å². The summed E-state index contributed by atoms with van der Waals surface area (Å²) in [6.07, 6.45) is 8.68. The predicted molar refractivity (Wildman–Crippen MR) is 149 cm³/mol. The van der Waals surface area contributed by atoms with E-state index in [1.807, 2.05) is 16.8 Å². The Labute approximate surface area is 226 Å². The van der Waals surface area contributed by atoms with Crippen LogP contribution < -0.4 is 5.73 Å². The number of rotatable bonds is 7. The summed E-state index contributed by atoms with van der Waals surface area (Å²) in [7, 11) is 0. The Morgan fingerprint density at radius 2 is 1.92 bits per heavy atom. The summed E-state index contributed by atoms with van der Waals surface area (Å²) in [6.45, 7) is 8.35. The van der Waals surface area contributed by atoms with Crippen LogP contribution in [0.15, 0.2) is 24.7 Å². The number of nitrogens with zero attached hydrogens (tertiary/aromatic N) is 5. The molecule has 10 heteroatoms. The molecule has 1 saturated carbocycles. The summed E-state index contributed by atoms with van der Waals surface area (Å²) < 4.78 is 2.98. The van der Waals surface area contributed by atoms with Crippen LogP contribution in [0.4, 0.5) is 0 Å². The highest BCUT2D eigenvalue weighted by atomic mass is 32.1. The number of nitrogens with two attached hydrogens (primary N) is 1. The van der Waals surface area contributed by atoms with Gasteiger partial charge in [-0.25, -0.2) is 9.50 Å². The van der Waals surface area contributed by atoms with Gasteiger partial charge in [-0.05, 0) is 68.2 Å². The lowest BCUT2D eigenvalue weighted by Crippen LogP contribution is -2.54. The largest absolute Gasteiger partial charge is 0.369 e. The van der Waals surface area contributed by atoms with Gasteiger partial charge in [-0.15, -0.1) is 11.3 Å². The van der Waals surface area contributed by atoms with Gasteiger partial charge in [0.1, 0.15) is 6.33 Å². The Bertz CT molecular complexity index is 1500. The molecule has 1 saturated heterocycles. The molecular weight excluding hydrogens is 498 g/mol. The minimum atomic E-state index is -0.291. The highest BCUT2D eigenvalue weighted by Gasteiger charge is 2.37. The number of thiophene rings is 1. The molecule has 4 aromatic heterocycles. The van der Waals surface area contributed by atoms with E-state index < -0.39 is 0 Å². The second-order valence-electron chi connectivity index (χ2n) is 11.1. The molecule has 1 aliphatic heterocycles. The maximum atomic E-state index is 14.0. The number of likely N-dealkylation sites (tertiary alicyclic amines) is 1. The SMILES string of the molecule is Cc1cc(-c2[nH]c3cc(C(=O)N(C4CCC4)C4CCN(CC(N)=O)CC4)sc3c2C(C)C)cn2ncnc12. The third-order valence-corrected chi connectivity index (χ3v) is 9.33. The molecule has 1 aliphatic carbocycles. The van der Waals surface area contributed by atoms with E-state index in [-0.39, 0.29) is 23.8 Å². The zero-order chi connectivity index (χ0) is 26.6. The van der Waals surface area contributed by atoms with Gasteiger partial charge in [0.05, 0.1) is 27.3 Å². The average molecular weight is 534 g/mol. The number of primary amides is 1. The quantitative estimate of drug-likeness (QED) is 0.368. The van der Waals surface area contributed by atoms with Gasteiger partial charge in [0, 0.05) is 36.9 Å². The first kappa shape index (κ1) is 25.1. The zero-order valence-corrected chi connectivity index (χ0v) is 23.1. The number of H-pyrrole nitrogens is 1.